The highest BCUT2D eigenvalue weighted by molar-refractivity contribution is 7.93. The van der Waals surface area contributed by atoms with E-state index in [2.05, 4.69) is 4.36 Å². The van der Waals surface area contributed by atoms with Gasteiger partial charge in [0.2, 0.25) is 0 Å². The van der Waals surface area contributed by atoms with E-state index in [0.29, 0.717) is 5.75 Å². The van der Waals surface area contributed by atoms with Gasteiger partial charge >= 0.3 is 0 Å². The summed E-state index contributed by atoms with van der Waals surface area (Å²) in [5.74, 6) is 1.20. The topological polar surface area (TPSA) is 38.7 Å². The van der Waals surface area contributed by atoms with Gasteiger partial charge in [-0.15, -0.1) is 0 Å². The highest BCUT2D eigenvalue weighted by Crippen LogP contribution is 2.19. The van der Waals surface area contributed by atoms with Gasteiger partial charge in [0.15, 0.2) is 0 Å². The standard InChI is InChI=1S/C13H17NO2S/c1-14-17(15,13-8-3-2-4-9-13)11-12-7-5-6-10-16-12/h2-4,7-9H,5-6,10-11H2,1H3. The fourth-order valence-electron chi connectivity index (χ4n) is 1.79. The van der Waals surface area contributed by atoms with Gasteiger partial charge in [0.25, 0.3) is 0 Å². The summed E-state index contributed by atoms with van der Waals surface area (Å²) in [5.41, 5.74) is 0. The Morgan fingerprint density at radius 2 is 2.12 bits per heavy atom. The Kier molecular flexibility index (Phi) is 3.84. The number of ether oxygens (including phenoxy) is 1. The van der Waals surface area contributed by atoms with Gasteiger partial charge in [0.05, 0.1) is 22.1 Å². The predicted molar refractivity (Wildman–Crippen MR) is 69.3 cm³/mol. The zero-order valence-corrected chi connectivity index (χ0v) is 10.8. The third kappa shape index (κ3) is 2.88. The van der Waals surface area contributed by atoms with E-state index in [4.69, 9.17) is 4.74 Å². The number of rotatable bonds is 3. The quantitative estimate of drug-likeness (QED) is 0.828. The van der Waals surface area contributed by atoms with Crippen LogP contribution in [0.15, 0.2) is 51.4 Å². The molecule has 4 heteroatoms. The molecule has 0 fully saturated rings. The minimum absolute atomic E-state index is 0.382. The largest absolute Gasteiger partial charge is 0.497 e. The van der Waals surface area contributed by atoms with Crippen LogP contribution in [-0.4, -0.2) is 23.6 Å². The maximum Gasteiger partial charge on any atom is 0.106 e. The van der Waals surface area contributed by atoms with Gasteiger partial charge in [-0.05, 0) is 31.1 Å². The van der Waals surface area contributed by atoms with E-state index in [1.54, 1.807) is 7.05 Å². The van der Waals surface area contributed by atoms with Crippen LogP contribution in [0.1, 0.15) is 12.8 Å². The minimum Gasteiger partial charge on any atom is -0.497 e. The van der Waals surface area contributed by atoms with Gasteiger partial charge in [0.1, 0.15) is 5.76 Å². The molecule has 0 aromatic heterocycles. The van der Waals surface area contributed by atoms with Crippen molar-refractivity contribution in [1.29, 1.82) is 0 Å². The average molecular weight is 251 g/mol. The monoisotopic (exact) mass is 251 g/mol. The molecule has 0 amide bonds. The van der Waals surface area contributed by atoms with E-state index < -0.39 is 9.73 Å². The number of hydrogen-bond donors (Lipinski definition) is 0. The number of hydrogen-bond acceptors (Lipinski definition) is 3. The average Bonchev–Trinajstić information content (AvgIpc) is 2.41. The molecule has 92 valence electrons. The molecule has 1 aliphatic rings. The van der Waals surface area contributed by atoms with Crippen LogP contribution >= 0.6 is 0 Å². The molecule has 0 radical (unpaired) electrons. The lowest BCUT2D eigenvalue weighted by molar-refractivity contribution is 0.197. The minimum atomic E-state index is -2.37. The number of nitrogens with zero attached hydrogens (tertiary/aromatic N) is 1. The first-order valence-corrected chi connectivity index (χ1v) is 7.43. The molecule has 1 atom stereocenters. The second-order valence-electron chi connectivity index (χ2n) is 3.94. The van der Waals surface area contributed by atoms with E-state index in [1.807, 2.05) is 36.4 Å². The molecule has 1 heterocycles. The summed E-state index contributed by atoms with van der Waals surface area (Å²) in [5, 5.41) is 0. The summed E-state index contributed by atoms with van der Waals surface area (Å²) >= 11 is 0. The number of allylic oxidation sites excluding steroid dienone is 1. The van der Waals surface area contributed by atoms with Crippen molar-refractivity contribution >= 4 is 9.73 Å². The maximum atomic E-state index is 12.7. The third-order valence-electron chi connectivity index (χ3n) is 2.75. The maximum absolute atomic E-state index is 12.7. The first-order chi connectivity index (χ1) is 8.24. The van der Waals surface area contributed by atoms with Crippen molar-refractivity contribution in [3.05, 3.63) is 42.2 Å². The summed E-state index contributed by atoms with van der Waals surface area (Å²) in [4.78, 5) is 0.776. The second kappa shape index (κ2) is 5.36. The van der Waals surface area contributed by atoms with Crippen LogP contribution in [0.2, 0.25) is 0 Å². The van der Waals surface area contributed by atoms with Crippen molar-refractivity contribution in [2.45, 2.75) is 17.7 Å². The van der Waals surface area contributed by atoms with E-state index in [0.717, 1.165) is 30.1 Å². The van der Waals surface area contributed by atoms with Crippen molar-refractivity contribution < 1.29 is 8.95 Å². The van der Waals surface area contributed by atoms with Crippen LogP contribution in [0.5, 0.6) is 0 Å². The first kappa shape index (κ1) is 12.2. The molecule has 17 heavy (non-hydrogen) atoms. The zero-order valence-electron chi connectivity index (χ0n) is 9.96. The van der Waals surface area contributed by atoms with Crippen LogP contribution in [-0.2, 0) is 14.5 Å². The van der Waals surface area contributed by atoms with E-state index in [1.165, 1.54) is 0 Å². The molecule has 2 rings (SSSR count). The molecule has 1 aromatic carbocycles. The summed E-state index contributed by atoms with van der Waals surface area (Å²) in [6, 6.07) is 9.40. The van der Waals surface area contributed by atoms with Gasteiger partial charge in [-0.2, -0.15) is 0 Å². The Hall–Kier alpha value is -1.29. The van der Waals surface area contributed by atoms with Crippen LogP contribution in [0, 0.1) is 0 Å². The summed E-state index contributed by atoms with van der Waals surface area (Å²) in [6.07, 6.45) is 4.07. The smallest absolute Gasteiger partial charge is 0.106 e. The lowest BCUT2D eigenvalue weighted by atomic mass is 10.2. The van der Waals surface area contributed by atoms with E-state index >= 15 is 0 Å². The Morgan fingerprint density at radius 1 is 1.35 bits per heavy atom. The van der Waals surface area contributed by atoms with Crippen molar-refractivity contribution in [3.63, 3.8) is 0 Å². The zero-order chi connectivity index (χ0) is 12.1. The van der Waals surface area contributed by atoms with Gasteiger partial charge in [0, 0.05) is 11.9 Å². The normalized spacial score (nSPS) is 18.8. The molecule has 0 bridgehead atoms. The van der Waals surface area contributed by atoms with Crippen molar-refractivity contribution in [2.24, 2.45) is 4.36 Å². The molecule has 3 nitrogen and oxygen atoms in total. The number of benzene rings is 1. The first-order valence-electron chi connectivity index (χ1n) is 5.74. The lowest BCUT2D eigenvalue weighted by Crippen LogP contribution is -2.13. The van der Waals surface area contributed by atoms with E-state index in [9.17, 15) is 4.21 Å². The van der Waals surface area contributed by atoms with Crippen LogP contribution in [0.25, 0.3) is 0 Å². The molecule has 0 aliphatic carbocycles. The summed E-state index contributed by atoms with van der Waals surface area (Å²) in [6.45, 7) is 0.722. The molecule has 0 N–H and O–H groups in total. The molecular formula is C13H17NO2S. The Balaban J connectivity index is 2.27. The van der Waals surface area contributed by atoms with Crippen LogP contribution in [0.4, 0.5) is 0 Å². The Bertz CT molecular complexity index is 513. The molecule has 1 unspecified atom stereocenters. The van der Waals surface area contributed by atoms with Crippen molar-refractivity contribution in [3.8, 4) is 0 Å². The molecule has 0 saturated heterocycles. The third-order valence-corrected chi connectivity index (χ3v) is 5.03. The molecule has 1 aliphatic heterocycles. The van der Waals surface area contributed by atoms with Crippen LogP contribution < -0.4 is 0 Å². The molecule has 1 aromatic rings. The highest BCUT2D eigenvalue weighted by atomic mass is 32.2. The van der Waals surface area contributed by atoms with Crippen molar-refractivity contribution in [2.75, 3.05) is 19.4 Å². The molecular weight excluding hydrogens is 234 g/mol. The Labute approximate surface area is 103 Å². The van der Waals surface area contributed by atoms with Gasteiger partial charge < -0.3 is 4.74 Å². The fourth-order valence-corrected chi connectivity index (χ4v) is 3.46. The summed E-state index contributed by atoms with van der Waals surface area (Å²) in [7, 11) is -0.764. The fraction of sp³-hybridized carbons (Fsp3) is 0.385. The molecule has 0 saturated carbocycles. The highest BCUT2D eigenvalue weighted by Gasteiger charge is 2.16. The lowest BCUT2D eigenvalue weighted by Gasteiger charge is -2.17. The predicted octanol–water partition coefficient (Wildman–Crippen LogP) is 2.84. The van der Waals surface area contributed by atoms with Gasteiger partial charge in [-0.25, -0.2) is 8.57 Å². The molecule has 0 spiro atoms. The van der Waals surface area contributed by atoms with Gasteiger partial charge in [-0.3, -0.25) is 0 Å². The van der Waals surface area contributed by atoms with Crippen molar-refractivity contribution in [1.82, 2.24) is 0 Å². The second-order valence-corrected chi connectivity index (χ2v) is 6.35. The Morgan fingerprint density at radius 3 is 2.71 bits per heavy atom. The SMILES string of the molecule is CN=S(=O)(CC1=CCCCO1)c1ccccc1. The van der Waals surface area contributed by atoms with E-state index in [-0.39, 0.29) is 0 Å². The van der Waals surface area contributed by atoms with Gasteiger partial charge in [-0.1, -0.05) is 18.2 Å². The summed E-state index contributed by atoms with van der Waals surface area (Å²) < 4.78 is 22.3. The van der Waals surface area contributed by atoms with Crippen LogP contribution in [0.3, 0.4) is 0 Å².